The highest BCUT2D eigenvalue weighted by Gasteiger charge is 2.18. The maximum Gasteiger partial charge on any atom is 0.110 e. The third kappa shape index (κ3) is 1.90. The topological polar surface area (TPSA) is 40.7 Å². The van der Waals surface area contributed by atoms with E-state index in [1.807, 2.05) is 6.20 Å². The van der Waals surface area contributed by atoms with Crippen molar-refractivity contribution in [1.29, 1.82) is 0 Å². The Labute approximate surface area is 98.9 Å². The van der Waals surface area contributed by atoms with Crippen molar-refractivity contribution in [2.45, 2.75) is 18.8 Å². The molecule has 4 heteroatoms. The highest BCUT2D eigenvalue weighted by molar-refractivity contribution is 7.13. The SMILES string of the molecule is c1csc(-c2cnc(C3CCCNC3)[nH]2)c1. The van der Waals surface area contributed by atoms with E-state index in [0.717, 1.165) is 24.6 Å². The summed E-state index contributed by atoms with van der Waals surface area (Å²) >= 11 is 1.75. The van der Waals surface area contributed by atoms with Crippen molar-refractivity contribution in [2.24, 2.45) is 0 Å². The Morgan fingerprint density at radius 2 is 2.44 bits per heavy atom. The highest BCUT2D eigenvalue weighted by atomic mass is 32.1. The molecule has 0 radical (unpaired) electrons. The van der Waals surface area contributed by atoms with Gasteiger partial charge in [-0.1, -0.05) is 6.07 Å². The Morgan fingerprint density at radius 1 is 1.44 bits per heavy atom. The maximum atomic E-state index is 4.51. The molecule has 2 aromatic rings. The summed E-state index contributed by atoms with van der Waals surface area (Å²) in [5.41, 5.74) is 1.15. The number of hydrogen-bond acceptors (Lipinski definition) is 3. The molecule has 84 valence electrons. The second kappa shape index (κ2) is 4.39. The Kier molecular flexibility index (Phi) is 2.76. The Balaban J connectivity index is 1.82. The summed E-state index contributed by atoms with van der Waals surface area (Å²) in [5.74, 6) is 1.69. The second-order valence-electron chi connectivity index (χ2n) is 4.20. The first kappa shape index (κ1) is 10.1. The molecule has 3 heterocycles. The number of imidazole rings is 1. The Morgan fingerprint density at radius 3 is 3.19 bits per heavy atom. The van der Waals surface area contributed by atoms with Gasteiger partial charge >= 0.3 is 0 Å². The van der Waals surface area contributed by atoms with Crippen molar-refractivity contribution in [3.05, 3.63) is 29.5 Å². The van der Waals surface area contributed by atoms with Crippen molar-refractivity contribution < 1.29 is 0 Å². The molecule has 16 heavy (non-hydrogen) atoms. The molecule has 0 aliphatic carbocycles. The van der Waals surface area contributed by atoms with E-state index in [1.54, 1.807) is 11.3 Å². The maximum absolute atomic E-state index is 4.51. The van der Waals surface area contributed by atoms with Crippen molar-refractivity contribution in [2.75, 3.05) is 13.1 Å². The van der Waals surface area contributed by atoms with E-state index in [1.165, 1.54) is 17.7 Å². The van der Waals surface area contributed by atoms with Gasteiger partial charge < -0.3 is 10.3 Å². The van der Waals surface area contributed by atoms with Crippen LogP contribution < -0.4 is 5.32 Å². The first-order valence-corrected chi connectivity index (χ1v) is 6.61. The van der Waals surface area contributed by atoms with Gasteiger partial charge in [-0.25, -0.2) is 4.98 Å². The number of nitrogens with one attached hydrogen (secondary N) is 2. The molecule has 1 aliphatic rings. The average molecular weight is 233 g/mol. The fourth-order valence-corrected chi connectivity index (χ4v) is 2.88. The molecule has 1 saturated heterocycles. The van der Waals surface area contributed by atoms with Crippen LogP contribution >= 0.6 is 11.3 Å². The summed E-state index contributed by atoms with van der Waals surface area (Å²) in [6.07, 6.45) is 4.44. The molecule has 0 amide bonds. The summed E-state index contributed by atoms with van der Waals surface area (Å²) in [6, 6.07) is 4.20. The van der Waals surface area contributed by atoms with Crippen LogP contribution in [0.4, 0.5) is 0 Å². The average Bonchev–Trinajstić information content (AvgIpc) is 3.01. The molecule has 1 unspecified atom stereocenters. The molecular weight excluding hydrogens is 218 g/mol. The minimum Gasteiger partial charge on any atom is -0.341 e. The standard InChI is InChI=1S/C12H15N3S/c1-3-9(7-13-5-1)12-14-8-10(15-12)11-4-2-6-16-11/h2,4,6,8-9,13H,1,3,5,7H2,(H,14,15). The normalized spacial score (nSPS) is 21.1. The zero-order valence-corrected chi connectivity index (χ0v) is 9.89. The van der Waals surface area contributed by atoms with E-state index in [4.69, 9.17) is 0 Å². The van der Waals surface area contributed by atoms with E-state index in [-0.39, 0.29) is 0 Å². The first-order valence-electron chi connectivity index (χ1n) is 5.73. The van der Waals surface area contributed by atoms with E-state index < -0.39 is 0 Å². The number of rotatable bonds is 2. The molecule has 0 bridgehead atoms. The van der Waals surface area contributed by atoms with Crippen LogP contribution in [0, 0.1) is 0 Å². The van der Waals surface area contributed by atoms with Gasteiger partial charge in [0.2, 0.25) is 0 Å². The quantitative estimate of drug-likeness (QED) is 0.837. The van der Waals surface area contributed by atoms with Crippen molar-refractivity contribution in [1.82, 2.24) is 15.3 Å². The second-order valence-corrected chi connectivity index (χ2v) is 5.15. The fourth-order valence-electron chi connectivity index (χ4n) is 2.19. The summed E-state index contributed by atoms with van der Waals surface area (Å²) in [6.45, 7) is 2.20. The number of thiophene rings is 1. The third-order valence-electron chi connectivity index (χ3n) is 3.07. The molecule has 3 nitrogen and oxygen atoms in total. The fraction of sp³-hybridized carbons (Fsp3) is 0.417. The number of piperidine rings is 1. The zero-order valence-electron chi connectivity index (χ0n) is 9.07. The van der Waals surface area contributed by atoms with Gasteiger partial charge in [0, 0.05) is 12.5 Å². The minimum atomic E-state index is 0.558. The zero-order chi connectivity index (χ0) is 10.8. The lowest BCUT2D eigenvalue weighted by atomic mass is 9.99. The number of H-pyrrole nitrogens is 1. The van der Waals surface area contributed by atoms with E-state index in [9.17, 15) is 0 Å². The van der Waals surface area contributed by atoms with Gasteiger partial charge in [-0.05, 0) is 30.8 Å². The molecular formula is C12H15N3S. The number of hydrogen-bond donors (Lipinski definition) is 2. The van der Waals surface area contributed by atoms with Crippen molar-refractivity contribution >= 4 is 11.3 Å². The Hall–Kier alpha value is -1.13. The van der Waals surface area contributed by atoms with Gasteiger partial charge in [-0.2, -0.15) is 0 Å². The van der Waals surface area contributed by atoms with Gasteiger partial charge in [0.25, 0.3) is 0 Å². The minimum absolute atomic E-state index is 0.558. The van der Waals surface area contributed by atoms with E-state index in [0.29, 0.717) is 5.92 Å². The molecule has 2 N–H and O–H groups in total. The summed E-state index contributed by atoms with van der Waals surface area (Å²) in [5, 5.41) is 5.52. The van der Waals surface area contributed by atoms with E-state index >= 15 is 0 Å². The third-order valence-corrected chi connectivity index (χ3v) is 3.97. The van der Waals surface area contributed by atoms with Crippen LogP contribution in [0.5, 0.6) is 0 Å². The molecule has 0 saturated carbocycles. The van der Waals surface area contributed by atoms with Crippen LogP contribution in [-0.2, 0) is 0 Å². The lowest BCUT2D eigenvalue weighted by Crippen LogP contribution is -2.28. The monoisotopic (exact) mass is 233 g/mol. The molecule has 0 spiro atoms. The van der Waals surface area contributed by atoms with Gasteiger partial charge in [0.05, 0.1) is 16.8 Å². The van der Waals surface area contributed by atoms with Gasteiger partial charge in [0.15, 0.2) is 0 Å². The van der Waals surface area contributed by atoms with Crippen LogP contribution in [0.15, 0.2) is 23.7 Å². The van der Waals surface area contributed by atoms with Crippen LogP contribution in [0.3, 0.4) is 0 Å². The van der Waals surface area contributed by atoms with Crippen molar-refractivity contribution in [3.8, 4) is 10.6 Å². The van der Waals surface area contributed by atoms with Gasteiger partial charge in [-0.3, -0.25) is 0 Å². The molecule has 3 rings (SSSR count). The number of aromatic amines is 1. The summed E-state index contributed by atoms with van der Waals surface area (Å²) < 4.78 is 0. The molecule has 2 aromatic heterocycles. The molecule has 1 fully saturated rings. The van der Waals surface area contributed by atoms with Gasteiger partial charge in [-0.15, -0.1) is 11.3 Å². The van der Waals surface area contributed by atoms with E-state index in [2.05, 4.69) is 32.8 Å². The lowest BCUT2D eigenvalue weighted by Gasteiger charge is -2.20. The predicted molar refractivity (Wildman–Crippen MR) is 66.7 cm³/mol. The van der Waals surface area contributed by atoms with Gasteiger partial charge in [0.1, 0.15) is 5.82 Å². The lowest BCUT2D eigenvalue weighted by molar-refractivity contribution is 0.449. The summed E-state index contributed by atoms with van der Waals surface area (Å²) in [4.78, 5) is 9.22. The highest BCUT2D eigenvalue weighted by Crippen LogP contribution is 2.26. The van der Waals surface area contributed by atoms with Crippen LogP contribution in [0.25, 0.3) is 10.6 Å². The number of aromatic nitrogens is 2. The van der Waals surface area contributed by atoms with Crippen LogP contribution in [0.1, 0.15) is 24.6 Å². The largest absolute Gasteiger partial charge is 0.341 e. The van der Waals surface area contributed by atoms with Crippen LogP contribution in [-0.4, -0.2) is 23.1 Å². The number of nitrogens with zero attached hydrogens (tertiary/aromatic N) is 1. The van der Waals surface area contributed by atoms with Crippen molar-refractivity contribution in [3.63, 3.8) is 0 Å². The summed E-state index contributed by atoms with van der Waals surface area (Å²) in [7, 11) is 0. The molecule has 1 aliphatic heterocycles. The molecule has 0 aromatic carbocycles. The predicted octanol–water partition coefficient (Wildman–Crippen LogP) is 2.61. The van der Waals surface area contributed by atoms with Crippen LogP contribution in [0.2, 0.25) is 0 Å². The molecule has 1 atom stereocenters. The first-order chi connectivity index (χ1) is 7.93. The Bertz CT molecular complexity index is 441. The smallest absolute Gasteiger partial charge is 0.110 e.